The standard InChI is InChI=1S/C17H11F9N4S2/c1-6(32-14-29-11(15(18,19)20)3-12(27)30-14)9-2-7-8(5-31-10(7)4-28-9)13(16(21,22)23)17(24,25)26/h2-6,13H,1H3,(H2,27,29,30). The summed E-state index contributed by atoms with van der Waals surface area (Å²) in [6.45, 7) is 1.44. The second kappa shape index (κ2) is 8.24. The van der Waals surface area contributed by atoms with Crippen LogP contribution in [0.2, 0.25) is 0 Å². The van der Waals surface area contributed by atoms with Crippen molar-refractivity contribution in [3.05, 3.63) is 40.7 Å². The van der Waals surface area contributed by atoms with E-state index in [-0.39, 0.29) is 20.9 Å². The van der Waals surface area contributed by atoms with E-state index in [1.165, 1.54) is 6.92 Å². The molecule has 0 aliphatic rings. The first-order valence-electron chi connectivity index (χ1n) is 8.46. The van der Waals surface area contributed by atoms with Gasteiger partial charge in [0.05, 0.1) is 15.6 Å². The molecule has 4 nitrogen and oxygen atoms in total. The molecule has 3 rings (SSSR count). The molecule has 0 bridgehead atoms. The van der Waals surface area contributed by atoms with Gasteiger partial charge in [-0.05, 0) is 23.9 Å². The molecule has 0 radical (unpaired) electrons. The second-order valence-corrected chi connectivity index (χ2v) is 8.75. The van der Waals surface area contributed by atoms with Crippen LogP contribution in [0.1, 0.15) is 35.0 Å². The van der Waals surface area contributed by atoms with E-state index in [2.05, 4.69) is 15.0 Å². The van der Waals surface area contributed by atoms with Crippen LogP contribution in [0.15, 0.2) is 28.9 Å². The van der Waals surface area contributed by atoms with E-state index in [1.807, 2.05) is 0 Å². The Labute approximate surface area is 182 Å². The van der Waals surface area contributed by atoms with E-state index >= 15 is 0 Å². The van der Waals surface area contributed by atoms with Crippen LogP contribution >= 0.6 is 23.1 Å². The predicted octanol–water partition coefficient (Wildman–Crippen LogP) is 6.75. The van der Waals surface area contributed by atoms with Crippen molar-refractivity contribution >= 4 is 39.0 Å². The Bertz CT molecular complexity index is 1110. The molecule has 0 saturated carbocycles. The Morgan fingerprint density at radius 2 is 1.59 bits per heavy atom. The molecule has 0 amide bonds. The van der Waals surface area contributed by atoms with Crippen molar-refractivity contribution in [3.63, 3.8) is 0 Å². The van der Waals surface area contributed by atoms with Crippen molar-refractivity contribution in [2.24, 2.45) is 0 Å². The minimum absolute atomic E-state index is 0.0323. The number of hydrogen-bond acceptors (Lipinski definition) is 6. The largest absolute Gasteiger partial charge is 0.433 e. The number of nitrogens with two attached hydrogens (primary N) is 1. The fourth-order valence-corrected chi connectivity index (χ4v) is 4.62. The highest BCUT2D eigenvalue weighted by atomic mass is 32.2. The second-order valence-electron chi connectivity index (χ2n) is 6.53. The number of hydrogen-bond donors (Lipinski definition) is 1. The molecular weight excluding hydrogens is 495 g/mol. The van der Waals surface area contributed by atoms with Crippen LogP contribution in [0, 0.1) is 0 Å². The number of anilines is 1. The summed E-state index contributed by atoms with van der Waals surface area (Å²) >= 11 is 1.34. The number of alkyl halides is 9. The summed E-state index contributed by atoms with van der Waals surface area (Å²) in [5.74, 6) is -4.14. The highest BCUT2D eigenvalue weighted by Crippen LogP contribution is 2.49. The molecular formula is C17H11F9N4S2. The van der Waals surface area contributed by atoms with Crippen LogP contribution < -0.4 is 5.73 Å². The number of thiophene rings is 1. The van der Waals surface area contributed by atoms with Crippen molar-refractivity contribution in [1.29, 1.82) is 0 Å². The minimum Gasteiger partial charge on any atom is -0.384 e. The molecule has 0 aliphatic heterocycles. The molecule has 0 aliphatic carbocycles. The minimum atomic E-state index is -5.57. The van der Waals surface area contributed by atoms with Gasteiger partial charge in [0.15, 0.2) is 16.8 Å². The van der Waals surface area contributed by atoms with Gasteiger partial charge in [0.2, 0.25) is 0 Å². The van der Waals surface area contributed by atoms with Crippen molar-refractivity contribution in [1.82, 2.24) is 15.0 Å². The molecule has 0 fully saturated rings. The molecule has 3 heterocycles. The Morgan fingerprint density at radius 3 is 2.16 bits per heavy atom. The average molecular weight is 506 g/mol. The van der Waals surface area contributed by atoms with Crippen molar-refractivity contribution in [3.8, 4) is 0 Å². The molecule has 0 spiro atoms. The lowest BCUT2D eigenvalue weighted by atomic mass is 9.97. The topological polar surface area (TPSA) is 64.7 Å². The lowest BCUT2D eigenvalue weighted by Gasteiger charge is -2.22. The van der Waals surface area contributed by atoms with Gasteiger partial charge in [-0.15, -0.1) is 11.3 Å². The summed E-state index contributed by atoms with van der Waals surface area (Å²) in [5, 5.41) is -0.710. The van der Waals surface area contributed by atoms with E-state index in [9.17, 15) is 39.5 Å². The number of pyridine rings is 1. The smallest absolute Gasteiger partial charge is 0.384 e. The van der Waals surface area contributed by atoms with Crippen LogP contribution in [0.5, 0.6) is 0 Å². The molecule has 3 aromatic heterocycles. The summed E-state index contributed by atoms with van der Waals surface area (Å²) in [6.07, 6.45) is -14.8. The van der Waals surface area contributed by atoms with Gasteiger partial charge in [0.1, 0.15) is 5.82 Å². The first-order chi connectivity index (χ1) is 14.6. The third kappa shape index (κ3) is 5.19. The van der Waals surface area contributed by atoms with Crippen LogP contribution in [0.4, 0.5) is 45.3 Å². The first kappa shape index (κ1) is 24.4. The van der Waals surface area contributed by atoms with Gasteiger partial charge in [-0.25, -0.2) is 9.97 Å². The number of nitrogens with zero attached hydrogens (tertiary/aromatic N) is 3. The van der Waals surface area contributed by atoms with Gasteiger partial charge in [0, 0.05) is 17.6 Å². The first-order valence-corrected chi connectivity index (χ1v) is 10.2. The molecule has 0 saturated heterocycles. The van der Waals surface area contributed by atoms with E-state index in [0.29, 0.717) is 29.2 Å². The van der Waals surface area contributed by atoms with Gasteiger partial charge < -0.3 is 5.73 Å². The highest BCUT2D eigenvalue weighted by molar-refractivity contribution is 7.99. The van der Waals surface area contributed by atoms with Crippen molar-refractivity contribution in [2.75, 3.05) is 5.73 Å². The zero-order valence-corrected chi connectivity index (χ0v) is 17.2. The summed E-state index contributed by atoms with van der Waals surface area (Å²) in [5.41, 5.74) is 3.15. The third-order valence-electron chi connectivity index (χ3n) is 4.19. The lowest BCUT2D eigenvalue weighted by Crippen LogP contribution is -2.33. The number of fused-ring (bicyclic) bond motifs is 1. The quantitative estimate of drug-likeness (QED) is 0.241. The van der Waals surface area contributed by atoms with Crippen LogP contribution in [0.25, 0.3) is 10.1 Å². The fourth-order valence-electron chi connectivity index (χ4n) is 2.81. The fraction of sp³-hybridized carbons (Fsp3) is 0.353. The zero-order valence-electron chi connectivity index (χ0n) is 15.6. The Balaban J connectivity index is 1.99. The molecule has 3 aromatic rings. The predicted molar refractivity (Wildman–Crippen MR) is 100 cm³/mol. The van der Waals surface area contributed by atoms with Crippen LogP contribution in [-0.4, -0.2) is 27.3 Å². The summed E-state index contributed by atoms with van der Waals surface area (Å²) < 4.78 is 118. The Hall–Kier alpha value is -2.29. The van der Waals surface area contributed by atoms with Gasteiger partial charge >= 0.3 is 18.5 Å². The highest BCUT2D eigenvalue weighted by Gasteiger charge is 2.58. The summed E-state index contributed by atoms with van der Waals surface area (Å²) in [4.78, 5) is 11.1. The number of rotatable bonds is 4. The molecule has 15 heteroatoms. The normalized spacial score (nSPS) is 14.3. The van der Waals surface area contributed by atoms with E-state index in [4.69, 9.17) is 5.73 Å². The third-order valence-corrected chi connectivity index (χ3v) is 6.13. The molecule has 2 N–H and O–H groups in total. The van der Waals surface area contributed by atoms with E-state index in [0.717, 1.165) is 17.6 Å². The van der Waals surface area contributed by atoms with Gasteiger partial charge in [-0.3, -0.25) is 4.98 Å². The van der Waals surface area contributed by atoms with E-state index in [1.54, 1.807) is 0 Å². The number of halogens is 9. The maximum Gasteiger partial charge on any atom is 0.433 e. The Morgan fingerprint density at radius 1 is 0.969 bits per heavy atom. The monoisotopic (exact) mass is 506 g/mol. The van der Waals surface area contributed by atoms with E-state index < -0.39 is 46.8 Å². The molecule has 1 atom stereocenters. The van der Waals surface area contributed by atoms with Crippen molar-refractivity contribution in [2.45, 2.75) is 41.8 Å². The Kier molecular flexibility index (Phi) is 6.27. The molecule has 0 aromatic carbocycles. The molecule has 32 heavy (non-hydrogen) atoms. The lowest BCUT2D eigenvalue weighted by molar-refractivity contribution is -0.253. The number of aromatic nitrogens is 3. The van der Waals surface area contributed by atoms with Crippen LogP contribution in [0.3, 0.4) is 0 Å². The molecule has 1 unspecified atom stereocenters. The van der Waals surface area contributed by atoms with Crippen molar-refractivity contribution < 1.29 is 39.5 Å². The average Bonchev–Trinajstić information content (AvgIpc) is 3.00. The number of thioether (sulfide) groups is 1. The maximum atomic E-state index is 13.2. The molecule has 174 valence electrons. The SMILES string of the molecule is CC(Sc1nc(N)cc(C(F)(F)F)n1)c1cc2c(C(C(F)(F)F)C(F)(F)F)csc2cn1. The van der Waals surface area contributed by atoms with Crippen LogP contribution in [-0.2, 0) is 6.18 Å². The maximum absolute atomic E-state index is 13.2. The van der Waals surface area contributed by atoms with Gasteiger partial charge in [-0.1, -0.05) is 11.8 Å². The van der Waals surface area contributed by atoms with Gasteiger partial charge in [-0.2, -0.15) is 39.5 Å². The number of nitrogen functional groups attached to an aromatic ring is 1. The summed E-state index contributed by atoms with van der Waals surface area (Å²) in [6, 6.07) is 1.59. The zero-order chi connectivity index (χ0) is 24.1. The van der Waals surface area contributed by atoms with Gasteiger partial charge in [0.25, 0.3) is 0 Å². The summed E-state index contributed by atoms with van der Waals surface area (Å²) in [7, 11) is 0.